The van der Waals surface area contributed by atoms with E-state index in [1.54, 1.807) is 43.5 Å². The van der Waals surface area contributed by atoms with Crippen LogP contribution in [0.1, 0.15) is 16.8 Å². The van der Waals surface area contributed by atoms with Crippen molar-refractivity contribution < 1.29 is 19.1 Å². The minimum absolute atomic E-state index is 0.127. The second-order valence-corrected chi connectivity index (χ2v) is 10.3. The van der Waals surface area contributed by atoms with Gasteiger partial charge in [0.05, 0.1) is 29.0 Å². The van der Waals surface area contributed by atoms with Crippen LogP contribution in [0, 0.1) is 35.5 Å². The van der Waals surface area contributed by atoms with Crippen LogP contribution in [-0.4, -0.2) is 36.4 Å². The van der Waals surface area contributed by atoms with Crippen molar-refractivity contribution in [3.05, 3.63) is 70.2 Å². The number of hydrogen-bond acceptors (Lipinski definition) is 4. The molecule has 2 aromatic carbocycles. The third-order valence-electron chi connectivity index (χ3n) is 7.83. The zero-order valence-electron chi connectivity index (χ0n) is 18.4. The molecule has 3 amide bonds. The average Bonchev–Trinajstić information content (AvgIpc) is 3.64. The van der Waals surface area contributed by atoms with Gasteiger partial charge in [0, 0.05) is 11.3 Å². The summed E-state index contributed by atoms with van der Waals surface area (Å²) in [6.07, 6.45) is 5.37. The minimum atomic E-state index is -0.386. The number of anilines is 1. The van der Waals surface area contributed by atoms with Crippen LogP contribution in [0.2, 0.25) is 10.0 Å². The van der Waals surface area contributed by atoms with E-state index >= 15 is 0 Å². The molecular weight excluding hydrogens is 475 g/mol. The molecule has 1 heterocycles. The van der Waals surface area contributed by atoms with Crippen molar-refractivity contribution in [2.45, 2.75) is 6.42 Å². The van der Waals surface area contributed by atoms with E-state index < -0.39 is 0 Å². The molecule has 5 aliphatic rings. The summed E-state index contributed by atoms with van der Waals surface area (Å²) >= 11 is 12.2. The van der Waals surface area contributed by atoms with Crippen molar-refractivity contribution in [1.29, 1.82) is 0 Å². The number of allylic oxidation sites excluding steroid dienone is 2. The molecule has 0 spiro atoms. The SMILES string of the molecule is COc1ccc(N(CN2C(=O)[C@@H]3[C@H]4C=C[C@@H]([C@@H]5C[C@H]45)[C@H]3C2=O)C(=O)c2ccc(Cl)c(Cl)c2)cc1. The van der Waals surface area contributed by atoms with Crippen LogP contribution in [0.4, 0.5) is 5.69 Å². The van der Waals surface area contributed by atoms with Gasteiger partial charge >= 0.3 is 0 Å². The van der Waals surface area contributed by atoms with E-state index in [0.717, 1.165) is 6.42 Å². The monoisotopic (exact) mass is 496 g/mol. The normalized spacial score (nSPS) is 30.3. The molecule has 4 aliphatic carbocycles. The number of likely N-dealkylation sites (tertiary alicyclic amines) is 1. The molecule has 6 nitrogen and oxygen atoms in total. The molecule has 2 aromatic rings. The molecule has 0 unspecified atom stereocenters. The Balaban J connectivity index is 1.34. The van der Waals surface area contributed by atoms with Gasteiger partial charge < -0.3 is 4.74 Å². The Morgan fingerprint density at radius 3 is 2.15 bits per heavy atom. The molecule has 7 rings (SSSR count). The number of carbonyl (C=O) groups excluding carboxylic acids is 3. The fourth-order valence-electron chi connectivity index (χ4n) is 6.11. The van der Waals surface area contributed by atoms with Gasteiger partial charge in [0.15, 0.2) is 0 Å². The highest BCUT2D eigenvalue weighted by atomic mass is 35.5. The Labute approximate surface area is 207 Å². The fraction of sp³-hybridized carbons (Fsp3) is 0.346. The number of hydrogen-bond donors (Lipinski definition) is 0. The molecule has 0 N–H and O–H groups in total. The second-order valence-electron chi connectivity index (χ2n) is 9.46. The van der Waals surface area contributed by atoms with Gasteiger partial charge in [0.2, 0.25) is 11.8 Å². The third-order valence-corrected chi connectivity index (χ3v) is 8.57. The van der Waals surface area contributed by atoms with E-state index in [9.17, 15) is 14.4 Å². The smallest absolute Gasteiger partial charge is 0.259 e. The van der Waals surface area contributed by atoms with Crippen LogP contribution >= 0.6 is 23.2 Å². The van der Waals surface area contributed by atoms with E-state index in [1.807, 2.05) is 0 Å². The summed E-state index contributed by atoms with van der Waals surface area (Å²) in [5.41, 5.74) is 0.848. The molecule has 1 aliphatic heterocycles. The van der Waals surface area contributed by atoms with Crippen LogP contribution < -0.4 is 9.64 Å². The van der Waals surface area contributed by atoms with E-state index in [4.69, 9.17) is 27.9 Å². The summed E-state index contributed by atoms with van der Waals surface area (Å²) in [5, 5.41) is 0.591. The maximum absolute atomic E-state index is 13.6. The number of amides is 3. The van der Waals surface area contributed by atoms with Crippen LogP contribution in [0.15, 0.2) is 54.6 Å². The number of ether oxygens (including phenoxy) is 1. The number of imide groups is 1. The van der Waals surface area contributed by atoms with E-state index in [1.165, 1.54) is 15.9 Å². The number of rotatable bonds is 5. The minimum Gasteiger partial charge on any atom is -0.497 e. The number of benzene rings is 2. The van der Waals surface area contributed by atoms with Crippen molar-refractivity contribution in [3.63, 3.8) is 0 Å². The van der Waals surface area contributed by atoms with Crippen LogP contribution in [0.3, 0.4) is 0 Å². The van der Waals surface area contributed by atoms with Crippen LogP contribution in [0.5, 0.6) is 5.75 Å². The van der Waals surface area contributed by atoms with Crippen LogP contribution in [0.25, 0.3) is 0 Å². The van der Waals surface area contributed by atoms with Crippen molar-refractivity contribution in [2.75, 3.05) is 18.7 Å². The first-order valence-electron chi connectivity index (χ1n) is 11.3. The Kier molecular flexibility index (Phi) is 5.01. The Hall–Kier alpha value is -2.83. The van der Waals surface area contributed by atoms with Crippen molar-refractivity contribution in [1.82, 2.24) is 4.90 Å². The topological polar surface area (TPSA) is 66.9 Å². The second kappa shape index (κ2) is 7.85. The number of carbonyl (C=O) groups is 3. The highest BCUT2D eigenvalue weighted by Gasteiger charge is 2.67. The maximum atomic E-state index is 13.6. The van der Waals surface area contributed by atoms with Crippen molar-refractivity contribution >= 4 is 46.6 Å². The van der Waals surface area contributed by atoms with Gasteiger partial charge in [-0.25, -0.2) is 0 Å². The summed E-state index contributed by atoms with van der Waals surface area (Å²) in [7, 11) is 1.56. The Morgan fingerprint density at radius 2 is 1.59 bits per heavy atom. The quantitative estimate of drug-likeness (QED) is 0.445. The first-order valence-corrected chi connectivity index (χ1v) is 12.1. The molecule has 8 heteroatoms. The van der Waals surface area contributed by atoms with Gasteiger partial charge in [-0.1, -0.05) is 35.4 Å². The zero-order valence-corrected chi connectivity index (χ0v) is 19.9. The molecule has 6 atom stereocenters. The molecule has 34 heavy (non-hydrogen) atoms. The lowest BCUT2D eigenvalue weighted by atomic mass is 9.63. The summed E-state index contributed by atoms with van der Waals surface area (Å²) < 4.78 is 5.24. The standard InChI is InChI=1S/C26H22Cl2N2O4/c1-34-15-5-3-14(4-6-15)29(24(31)13-2-9-20(27)21(28)10-13)12-30-25(32)22-16-7-8-17(19-11-18(16)19)23(22)26(30)33/h2-10,16-19,22-23H,11-12H2,1H3/t16-,17-,18-,19+,22+,23+/m0/s1. The molecule has 2 saturated carbocycles. The lowest BCUT2D eigenvalue weighted by Crippen LogP contribution is -2.45. The van der Waals surface area contributed by atoms with E-state index in [0.29, 0.717) is 33.9 Å². The predicted molar refractivity (Wildman–Crippen MR) is 128 cm³/mol. The Morgan fingerprint density at radius 1 is 0.971 bits per heavy atom. The predicted octanol–water partition coefficient (Wildman–Crippen LogP) is 4.66. The lowest BCUT2D eigenvalue weighted by Gasteiger charge is -2.37. The van der Waals surface area contributed by atoms with Gasteiger partial charge in [-0.3, -0.25) is 24.2 Å². The first kappa shape index (κ1) is 21.7. The van der Waals surface area contributed by atoms with Crippen molar-refractivity contribution in [3.8, 4) is 5.75 Å². The molecule has 1 saturated heterocycles. The van der Waals surface area contributed by atoms with Gasteiger partial charge in [0.25, 0.3) is 5.91 Å². The van der Waals surface area contributed by atoms with E-state index in [-0.39, 0.29) is 53.1 Å². The largest absolute Gasteiger partial charge is 0.497 e. The highest BCUT2D eigenvalue weighted by Crippen LogP contribution is 2.65. The van der Waals surface area contributed by atoms with Gasteiger partial charge in [-0.2, -0.15) is 0 Å². The number of nitrogens with zero attached hydrogens (tertiary/aromatic N) is 2. The maximum Gasteiger partial charge on any atom is 0.259 e. The summed E-state index contributed by atoms with van der Waals surface area (Å²) in [6.45, 7) is -0.162. The molecular formula is C26H22Cl2N2O4. The summed E-state index contributed by atoms with van der Waals surface area (Å²) in [6, 6.07) is 11.6. The molecule has 3 fully saturated rings. The number of halogens is 2. The van der Waals surface area contributed by atoms with Crippen LogP contribution in [-0.2, 0) is 9.59 Å². The third kappa shape index (κ3) is 3.19. The average molecular weight is 497 g/mol. The van der Waals surface area contributed by atoms with Gasteiger partial charge in [-0.05, 0) is 72.6 Å². The number of methoxy groups -OCH3 is 1. The van der Waals surface area contributed by atoms with Crippen molar-refractivity contribution in [2.24, 2.45) is 35.5 Å². The van der Waals surface area contributed by atoms with Gasteiger partial charge in [0.1, 0.15) is 12.4 Å². The first-order chi connectivity index (χ1) is 16.4. The molecule has 2 bridgehead atoms. The van der Waals surface area contributed by atoms with Gasteiger partial charge in [-0.15, -0.1) is 0 Å². The highest BCUT2D eigenvalue weighted by molar-refractivity contribution is 6.42. The van der Waals surface area contributed by atoms with E-state index in [2.05, 4.69) is 12.2 Å². The summed E-state index contributed by atoms with van der Waals surface area (Å²) in [5.74, 6) is 0.540. The Bertz CT molecular complexity index is 1210. The zero-order chi connectivity index (χ0) is 23.7. The molecule has 0 radical (unpaired) electrons. The molecule has 0 aromatic heterocycles. The fourth-order valence-corrected chi connectivity index (χ4v) is 6.41. The lowest BCUT2D eigenvalue weighted by molar-refractivity contribution is -0.140. The molecule has 174 valence electrons. The summed E-state index contributed by atoms with van der Waals surface area (Å²) in [4.78, 5) is 43.3.